The van der Waals surface area contributed by atoms with Crippen LogP contribution in [0.15, 0.2) is 66.9 Å². The van der Waals surface area contributed by atoms with Crippen LogP contribution >= 0.6 is 0 Å². The number of piperidine rings is 1. The minimum Gasteiger partial charge on any atom is -0.480 e. The van der Waals surface area contributed by atoms with Gasteiger partial charge >= 0.3 is 18.1 Å². The van der Waals surface area contributed by atoms with Crippen LogP contribution in [0.25, 0.3) is 22.9 Å². The Morgan fingerprint density at radius 1 is 1.06 bits per heavy atom. The number of carboxylic acids is 2. The number of aliphatic carboxylic acids is 2. The fourth-order valence-electron chi connectivity index (χ4n) is 6.42. The molecule has 49 heavy (non-hydrogen) atoms. The van der Waals surface area contributed by atoms with Gasteiger partial charge in [0.05, 0.1) is 11.4 Å². The van der Waals surface area contributed by atoms with Crippen molar-refractivity contribution in [2.24, 2.45) is 5.41 Å². The molecule has 2 saturated heterocycles. The lowest BCUT2D eigenvalue weighted by molar-refractivity contribution is -0.198. The lowest BCUT2D eigenvalue weighted by atomic mass is 9.76. The number of nitrogens with zero attached hydrogens (tertiary/aromatic N) is 5. The molecular formula is C34H34F3N7O5. The monoisotopic (exact) mass is 677 g/mol. The molecule has 0 amide bonds. The standard InChI is InChI=1S/C34H34F3N7O5/c1-20-10-13-44(42-20)26-8-7-23(22-5-2-21(3-6-22)4-9-29(45)46)16-24(26)30(34(35,36)37)49-28-17-27(40-32(38)41-28)43-14-11-33(12-15-43)18-25(31(47)48)39-19-33/h2-10,13,16-17,25,30,39H,11-12,14-15,18-19H2,1H3,(H,45,46)(H,47,48)(H2,38,40,41)/t25-,30+/m0/s1. The van der Waals surface area contributed by atoms with Crippen LogP contribution in [0.4, 0.5) is 24.9 Å². The summed E-state index contributed by atoms with van der Waals surface area (Å²) in [5.41, 5.74) is 8.02. The van der Waals surface area contributed by atoms with Crippen molar-refractivity contribution in [1.82, 2.24) is 25.1 Å². The van der Waals surface area contributed by atoms with Crippen LogP contribution in [0.2, 0.25) is 0 Å². The number of hydrogen-bond acceptors (Lipinski definition) is 9. The smallest absolute Gasteiger partial charge is 0.429 e. The first-order chi connectivity index (χ1) is 23.3. The number of nitrogens with one attached hydrogen (secondary N) is 1. The second-order valence-electron chi connectivity index (χ2n) is 12.4. The maximum absolute atomic E-state index is 15.0. The van der Waals surface area contributed by atoms with E-state index >= 15 is 0 Å². The van der Waals surface area contributed by atoms with Crippen LogP contribution in [0, 0.1) is 12.3 Å². The van der Waals surface area contributed by atoms with Crippen LogP contribution in [-0.4, -0.2) is 73.8 Å². The summed E-state index contributed by atoms with van der Waals surface area (Å²) in [5, 5.41) is 25.7. The Morgan fingerprint density at radius 3 is 2.39 bits per heavy atom. The third kappa shape index (κ3) is 7.51. The average Bonchev–Trinajstić information content (AvgIpc) is 3.68. The van der Waals surface area contributed by atoms with Gasteiger partial charge in [0.2, 0.25) is 17.9 Å². The number of anilines is 2. The molecule has 1 spiro atoms. The summed E-state index contributed by atoms with van der Waals surface area (Å²) in [6.45, 7) is 3.31. The number of halogens is 3. The fraction of sp³-hybridized carbons (Fsp3) is 0.324. The molecule has 2 aliphatic rings. The van der Waals surface area contributed by atoms with E-state index in [1.807, 2.05) is 4.90 Å². The molecule has 12 nitrogen and oxygen atoms in total. The summed E-state index contributed by atoms with van der Waals surface area (Å²) in [5.74, 6) is -2.29. The van der Waals surface area contributed by atoms with Crippen LogP contribution in [0.1, 0.15) is 42.2 Å². The zero-order chi connectivity index (χ0) is 34.9. The molecule has 0 radical (unpaired) electrons. The zero-order valence-electron chi connectivity index (χ0n) is 26.4. The van der Waals surface area contributed by atoms with Crippen molar-refractivity contribution >= 4 is 29.8 Å². The van der Waals surface area contributed by atoms with Gasteiger partial charge in [0.1, 0.15) is 11.9 Å². The second-order valence-corrected chi connectivity index (χ2v) is 12.4. The third-order valence-electron chi connectivity index (χ3n) is 8.99. The van der Waals surface area contributed by atoms with E-state index < -0.39 is 30.3 Å². The molecule has 2 aromatic carbocycles. The summed E-state index contributed by atoms with van der Waals surface area (Å²) in [6.07, 6.45) is -1.55. The summed E-state index contributed by atoms with van der Waals surface area (Å²) in [7, 11) is 0. The van der Waals surface area contributed by atoms with Gasteiger partial charge < -0.3 is 30.9 Å². The van der Waals surface area contributed by atoms with E-state index in [9.17, 15) is 27.9 Å². The normalized spacial score (nSPS) is 18.2. The highest BCUT2D eigenvalue weighted by atomic mass is 19.4. The molecule has 6 rings (SSSR count). The van der Waals surface area contributed by atoms with Crippen molar-refractivity contribution in [2.45, 2.75) is 44.5 Å². The molecule has 0 saturated carbocycles. The molecule has 4 heterocycles. The number of aryl methyl sites for hydroxylation is 1. The van der Waals surface area contributed by atoms with Gasteiger partial charge in [-0.3, -0.25) is 4.79 Å². The Morgan fingerprint density at radius 2 is 1.78 bits per heavy atom. The zero-order valence-corrected chi connectivity index (χ0v) is 26.4. The van der Waals surface area contributed by atoms with Crippen LogP contribution in [-0.2, 0) is 9.59 Å². The first-order valence-corrected chi connectivity index (χ1v) is 15.6. The highest BCUT2D eigenvalue weighted by Gasteiger charge is 2.46. The van der Waals surface area contributed by atoms with Crippen molar-refractivity contribution < 1.29 is 37.7 Å². The quantitative estimate of drug-likeness (QED) is 0.175. The van der Waals surface area contributed by atoms with E-state index in [4.69, 9.17) is 15.6 Å². The number of carboxylic acid groups (broad SMARTS) is 2. The third-order valence-corrected chi connectivity index (χ3v) is 8.99. The van der Waals surface area contributed by atoms with Gasteiger partial charge in [0, 0.05) is 43.5 Å². The largest absolute Gasteiger partial charge is 0.480 e. The van der Waals surface area contributed by atoms with E-state index in [1.54, 1.807) is 49.5 Å². The first-order valence-electron chi connectivity index (χ1n) is 15.6. The topological polar surface area (TPSA) is 169 Å². The summed E-state index contributed by atoms with van der Waals surface area (Å²) in [4.78, 5) is 32.5. The number of carbonyl (C=O) groups is 2. The van der Waals surface area contributed by atoms with Crippen LogP contribution in [0.5, 0.6) is 5.88 Å². The van der Waals surface area contributed by atoms with Crippen LogP contribution < -0.4 is 20.7 Å². The van der Waals surface area contributed by atoms with E-state index in [0.29, 0.717) is 67.1 Å². The highest BCUT2D eigenvalue weighted by molar-refractivity contribution is 5.85. The number of benzene rings is 2. The van der Waals surface area contributed by atoms with Crippen LogP contribution in [0.3, 0.4) is 0 Å². The molecule has 0 aliphatic carbocycles. The second kappa shape index (κ2) is 13.2. The maximum atomic E-state index is 15.0. The molecule has 5 N–H and O–H groups in total. The maximum Gasteiger partial charge on any atom is 0.429 e. The van der Waals surface area contributed by atoms with E-state index in [1.165, 1.54) is 29.0 Å². The van der Waals surface area contributed by atoms with Gasteiger partial charge in [-0.05, 0) is 72.6 Å². The molecule has 15 heteroatoms. The van der Waals surface area contributed by atoms with Gasteiger partial charge in [-0.15, -0.1) is 0 Å². The number of hydrogen-bond donors (Lipinski definition) is 4. The Hall–Kier alpha value is -5.44. The Bertz CT molecular complexity index is 1890. The van der Waals surface area contributed by atoms with E-state index in [2.05, 4.69) is 20.4 Å². The Labute approximate surface area is 279 Å². The molecule has 2 aliphatic heterocycles. The summed E-state index contributed by atoms with van der Waals surface area (Å²) in [6, 6.07) is 13.7. The minimum absolute atomic E-state index is 0.147. The predicted molar refractivity (Wildman–Crippen MR) is 174 cm³/mol. The molecule has 0 bridgehead atoms. The SMILES string of the molecule is Cc1ccn(-c2ccc(-c3ccc(C=CC(=O)O)cc3)cc2[C@@H](Oc2cc(N3CCC4(CC3)CN[C@H](C(=O)O)C4)nc(N)n2)C(F)(F)F)n1. The number of ether oxygens (including phenoxy) is 1. The summed E-state index contributed by atoms with van der Waals surface area (Å²) >= 11 is 0. The predicted octanol–water partition coefficient (Wildman–Crippen LogP) is 5.03. The fourth-order valence-corrected chi connectivity index (χ4v) is 6.42. The minimum atomic E-state index is -4.89. The molecule has 4 aromatic rings. The molecule has 256 valence electrons. The van der Waals surface area contributed by atoms with Crippen molar-refractivity contribution in [3.8, 4) is 22.7 Å². The lowest BCUT2D eigenvalue weighted by Crippen LogP contribution is -2.41. The molecule has 2 atom stereocenters. The van der Waals surface area contributed by atoms with E-state index in [0.717, 1.165) is 6.08 Å². The van der Waals surface area contributed by atoms with E-state index in [-0.39, 0.29) is 28.5 Å². The molecule has 0 unspecified atom stereocenters. The number of nitrogen functional groups attached to an aromatic ring is 1. The van der Waals surface area contributed by atoms with Crippen molar-refractivity contribution in [1.29, 1.82) is 0 Å². The van der Waals surface area contributed by atoms with Gasteiger partial charge in [0.15, 0.2) is 0 Å². The lowest BCUT2D eigenvalue weighted by Gasteiger charge is -2.39. The van der Waals surface area contributed by atoms with Gasteiger partial charge in [0.25, 0.3) is 0 Å². The van der Waals surface area contributed by atoms with Crippen molar-refractivity contribution in [3.05, 3.63) is 83.7 Å². The van der Waals surface area contributed by atoms with Crippen molar-refractivity contribution in [3.63, 3.8) is 0 Å². The first kappa shape index (κ1) is 33.5. The molecule has 2 aromatic heterocycles. The Kier molecular flexibility index (Phi) is 9.03. The number of nitrogens with two attached hydrogens (primary N) is 1. The Balaban J connectivity index is 1.31. The highest BCUT2D eigenvalue weighted by Crippen LogP contribution is 2.43. The number of alkyl halides is 3. The van der Waals surface area contributed by atoms with Crippen molar-refractivity contribution in [2.75, 3.05) is 30.3 Å². The number of rotatable bonds is 9. The van der Waals surface area contributed by atoms with Gasteiger partial charge in [-0.1, -0.05) is 30.3 Å². The summed E-state index contributed by atoms with van der Waals surface area (Å²) < 4.78 is 52.0. The number of aromatic nitrogens is 4. The average molecular weight is 678 g/mol. The van der Waals surface area contributed by atoms with Gasteiger partial charge in [-0.25, -0.2) is 9.48 Å². The molecule has 2 fully saturated rings. The molecular weight excluding hydrogens is 643 g/mol. The van der Waals surface area contributed by atoms with Gasteiger partial charge in [-0.2, -0.15) is 28.2 Å².